The number of aromatic amines is 1. The smallest absolute Gasteiger partial charge is 0.243 e. The van der Waals surface area contributed by atoms with Crippen LogP contribution in [0, 0.1) is 0 Å². The van der Waals surface area contributed by atoms with Crippen molar-refractivity contribution in [2.75, 3.05) is 5.32 Å². The second-order valence-corrected chi connectivity index (χ2v) is 9.04. The van der Waals surface area contributed by atoms with Gasteiger partial charge in [-0.3, -0.25) is 0 Å². The molecular formula is C28H26N4O. The molecule has 5 rings (SSSR count). The molecule has 0 saturated heterocycles. The van der Waals surface area contributed by atoms with E-state index in [9.17, 15) is 0 Å². The van der Waals surface area contributed by atoms with E-state index >= 15 is 0 Å². The zero-order valence-corrected chi connectivity index (χ0v) is 19.0. The van der Waals surface area contributed by atoms with Crippen LogP contribution in [0.1, 0.15) is 26.3 Å². The number of hydrogen-bond donors (Lipinski definition) is 2. The number of aromatic nitrogens is 3. The first-order valence-electron chi connectivity index (χ1n) is 11.0. The van der Waals surface area contributed by atoms with Crippen LogP contribution in [0.4, 0.5) is 11.6 Å². The molecule has 5 aromatic rings. The van der Waals surface area contributed by atoms with Crippen LogP contribution in [0.25, 0.3) is 22.2 Å². The van der Waals surface area contributed by atoms with Crippen molar-refractivity contribution in [3.8, 4) is 22.8 Å². The summed E-state index contributed by atoms with van der Waals surface area (Å²) >= 11 is 0. The second-order valence-electron chi connectivity index (χ2n) is 9.04. The van der Waals surface area contributed by atoms with Gasteiger partial charge in [0.15, 0.2) is 0 Å². The van der Waals surface area contributed by atoms with Gasteiger partial charge in [0.05, 0.1) is 11.0 Å². The van der Waals surface area contributed by atoms with Gasteiger partial charge in [0.2, 0.25) is 11.8 Å². The van der Waals surface area contributed by atoms with Crippen molar-refractivity contribution < 1.29 is 4.74 Å². The zero-order valence-electron chi connectivity index (χ0n) is 19.0. The minimum atomic E-state index is 0.0749. The Labute approximate surface area is 193 Å². The van der Waals surface area contributed by atoms with Crippen LogP contribution < -0.4 is 10.1 Å². The summed E-state index contributed by atoms with van der Waals surface area (Å²) in [5, 5.41) is 3.33. The number of fused-ring (bicyclic) bond motifs is 1. The summed E-state index contributed by atoms with van der Waals surface area (Å²) in [6.07, 6.45) is 1.72. The molecule has 0 aliphatic rings. The maximum Gasteiger partial charge on any atom is 0.243 e. The van der Waals surface area contributed by atoms with Gasteiger partial charge in [0.25, 0.3) is 0 Å². The molecule has 2 aromatic heterocycles. The van der Waals surface area contributed by atoms with Crippen LogP contribution in [-0.4, -0.2) is 15.0 Å². The number of nitrogens with one attached hydrogen (secondary N) is 2. The van der Waals surface area contributed by atoms with Crippen molar-refractivity contribution in [3.05, 3.63) is 96.7 Å². The number of rotatable bonds is 5. The third kappa shape index (κ3) is 4.58. The van der Waals surface area contributed by atoms with Crippen molar-refractivity contribution in [3.63, 3.8) is 0 Å². The molecule has 2 heterocycles. The Hall–Kier alpha value is -4.12. The summed E-state index contributed by atoms with van der Waals surface area (Å²) in [6.45, 7) is 6.61. The Balaban J connectivity index is 1.41. The van der Waals surface area contributed by atoms with E-state index in [0.717, 1.165) is 33.6 Å². The van der Waals surface area contributed by atoms with Crippen LogP contribution >= 0.6 is 0 Å². The van der Waals surface area contributed by atoms with E-state index in [-0.39, 0.29) is 5.41 Å². The van der Waals surface area contributed by atoms with Crippen molar-refractivity contribution in [1.29, 1.82) is 0 Å². The number of H-pyrrole nitrogens is 1. The number of nitrogens with zero attached hydrogens (tertiary/aromatic N) is 2. The lowest BCUT2D eigenvalue weighted by Gasteiger charge is -2.18. The van der Waals surface area contributed by atoms with Gasteiger partial charge in [-0.25, -0.2) is 9.97 Å². The third-order valence-electron chi connectivity index (χ3n) is 5.53. The first-order valence-corrected chi connectivity index (χ1v) is 11.0. The first kappa shape index (κ1) is 20.8. The Bertz CT molecular complexity index is 1400. The topological polar surface area (TPSA) is 62.8 Å². The molecule has 33 heavy (non-hydrogen) atoms. The molecule has 0 atom stereocenters. The second kappa shape index (κ2) is 8.43. The van der Waals surface area contributed by atoms with Crippen LogP contribution in [0.15, 0.2) is 91.1 Å². The standard InChI is InChI=1S/C28H26N4O/c1-28(2,3)21-14-15-23-25(18-21)32-27(30-23)31-24-13-8-16-29-26(24)33-22-12-7-11-20(17-22)19-9-5-4-6-10-19/h4-18H,1-3H3,(H2,30,31,32). The molecule has 0 unspecified atom stereocenters. The van der Waals surface area contributed by atoms with Gasteiger partial charge in [0, 0.05) is 6.20 Å². The van der Waals surface area contributed by atoms with Crippen LogP contribution in [0.2, 0.25) is 0 Å². The van der Waals surface area contributed by atoms with Crippen LogP contribution in [0.3, 0.4) is 0 Å². The molecule has 0 saturated carbocycles. The Morgan fingerprint density at radius 1 is 0.818 bits per heavy atom. The average molecular weight is 435 g/mol. The number of pyridine rings is 1. The highest BCUT2D eigenvalue weighted by Gasteiger charge is 2.15. The van der Waals surface area contributed by atoms with Gasteiger partial charge in [-0.05, 0) is 58.5 Å². The molecule has 5 heteroatoms. The Morgan fingerprint density at radius 2 is 1.64 bits per heavy atom. The molecule has 5 nitrogen and oxygen atoms in total. The molecule has 164 valence electrons. The summed E-state index contributed by atoms with van der Waals surface area (Å²) in [6, 6.07) is 28.4. The minimum Gasteiger partial charge on any atom is -0.437 e. The molecule has 0 fully saturated rings. The van der Waals surface area contributed by atoms with Crippen molar-refractivity contribution in [1.82, 2.24) is 15.0 Å². The molecule has 0 amide bonds. The fourth-order valence-electron chi connectivity index (χ4n) is 3.71. The number of imidazole rings is 1. The summed E-state index contributed by atoms with van der Waals surface area (Å²) < 4.78 is 6.17. The maximum atomic E-state index is 6.17. The molecule has 0 spiro atoms. The number of anilines is 2. The molecule has 0 aliphatic carbocycles. The van der Waals surface area contributed by atoms with E-state index in [2.05, 4.69) is 71.4 Å². The minimum absolute atomic E-state index is 0.0749. The van der Waals surface area contributed by atoms with Gasteiger partial charge >= 0.3 is 0 Å². The van der Waals surface area contributed by atoms with Gasteiger partial charge in [-0.15, -0.1) is 0 Å². The fraction of sp³-hybridized carbons (Fsp3) is 0.143. The van der Waals surface area contributed by atoms with Crippen LogP contribution in [0.5, 0.6) is 11.6 Å². The molecule has 2 N–H and O–H groups in total. The maximum absolute atomic E-state index is 6.17. The highest BCUT2D eigenvalue weighted by molar-refractivity contribution is 5.80. The van der Waals surface area contributed by atoms with E-state index in [4.69, 9.17) is 4.74 Å². The molecule has 3 aromatic carbocycles. The molecular weight excluding hydrogens is 408 g/mol. The van der Waals surface area contributed by atoms with E-state index in [1.165, 1.54) is 5.56 Å². The van der Waals surface area contributed by atoms with Gasteiger partial charge < -0.3 is 15.0 Å². The highest BCUT2D eigenvalue weighted by Crippen LogP contribution is 2.32. The van der Waals surface area contributed by atoms with Crippen LogP contribution in [-0.2, 0) is 5.41 Å². The van der Waals surface area contributed by atoms with Gasteiger partial charge in [0.1, 0.15) is 11.4 Å². The van der Waals surface area contributed by atoms with E-state index in [1.807, 2.05) is 54.6 Å². The molecule has 0 aliphatic heterocycles. The number of ether oxygens (including phenoxy) is 1. The first-order chi connectivity index (χ1) is 16.0. The quantitative estimate of drug-likeness (QED) is 0.301. The zero-order chi connectivity index (χ0) is 22.8. The van der Waals surface area contributed by atoms with E-state index in [0.29, 0.717) is 11.8 Å². The fourth-order valence-corrected chi connectivity index (χ4v) is 3.71. The summed E-state index contributed by atoms with van der Waals surface area (Å²) in [4.78, 5) is 12.5. The third-order valence-corrected chi connectivity index (χ3v) is 5.53. The number of hydrogen-bond acceptors (Lipinski definition) is 4. The lowest BCUT2D eigenvalue weighted by atomic mass is 9.87. The Kier molecular flexibility index (Phi) is 5.31. The molecule has 0 bridgehead atoms. The lowest BCUT2D eigenvalue weighted by Crippen LogP contribution is -2.10. The Morgan fingerprint density at radius 3 is 2.45 bits per heavy atom. The summed E-state index contributed by atoms with van der Waals surface area (Å²) in [5.41, 5.74) is 6.20. The van der Waals surface area contributed by atoms with E-state index in [1.54, 1.807) is 6.20 Å². The highest BCUT2D eigenvalue weighted by atomic mass is 16.5. The van der Waals surface area contributed by atoms with Crippen molar-refractivity contribution in [2.45, 2.75) is 26.2 Å². The monoisotopic (exact) mass is 434 g/mol. The van der Waals surface area contributed by atoms with E-state index < -0.39 is 0 Å². The average Bonchev–Trinajstić information content (AvgIpc) is 3.22. The predicted molar refractivity (Wildman–Crippen MR) is 134 cm³/mol. The van der Waals surface area contributed by atoms with Crippen molar-refractivity contribution >= 4 is 22.7 Å². The van der Waals surface area contributed by atoms with Gasteiger partial charge in [-0.2, -0.15) is 0 Å². The molecule has 0 radical (unpaired) electrons. The normalized spacial score (nSPS) is 11.5. The lowest BCUT2D eigenvalue weighted by molar-refractivity contribution is 0.465. The largest absolute Gasteiger partial charge is 0.437 e. The van der Waals surface area contributed by atoms with Crippen molar-refractivity contribution in [2.24, 2.45) is 0 Å². The summed E-state index contributed by atoms with van der Waals surface area (Å²) in [5.74, 6) is 1.85. The summed E-state index contributed by atoms with van der Waals surface area (Å²) in [7, 11) is 0. The van der Waals surface area contributed by atoms with Gasteiger partial charge in [-0.1, -0.05) is 69.3 Å². The number of benzene rings is 3. The SMILES string of the molecule is CC(C)(C)c1ccc2nc(Nc3cccnc3Oc3cccc(-c4ccccc4)c3)[nH]c2c1. The predicted octanol–water partition coefficient (Wildman–Crippen LogP) is 7.46.